The molecule has 0 unspecified atom stereocenters. The van der Waals surface area contributed by atoms with Crippen LogP contribution in [0.2, 0.25) is 0 Å². The molecular formula is C9H10BrFO2S. The summed E-state index contributed by atoms with van der Waals surface area (Å²) in [5.74, 6) is -0.484. The second-order valence-corrected chi connectivity index (χ2v) is 5.89. The van der Waals surface area contributed by atoms with Crippen LogP contribution in [0.5, 0.6) is 0 Å². The van der Waals surface area contributed by atoms with E-state index in [1.54, 1.807) is 6.92 Å². The summed E-state index contributed by atoms with van der Waals surface area (Å²) < 4.78 is 36.4. The van der Waals surface area contributed by atoms with Crippen LogP contribution in [-0.4, -0.2) is 14.7 Å². The quantitative estimate of drug-likeness (QED) is 0.835. The summed E-state index contributed by atoms with van der Waals surface area (Å²) in [6, 6.07) is 2.70. The summed E-state index contributed by atoms with van der Waals surface area (Å²) in [7, 11) is -3.36. The van der Waals surface area contributed by atoms with Crippen LogP contribution >= 0.6 is 15.9 Å². The predicted octanol–water partition coefficient (Wildman–Crippen LogP) is 2.55. The van der Waals surface area contributed by atoms with Crippen LogP contribution in [-0.2, 0) is 16.3 Å². The molecule has 0 aliphatic heterocycles. The molecule has 0 radical (unpaired) electrons. The van der Waals surface area contributed by atoms with E-state index in [0.717, 1.165) is 6.26 Å². The Bertz CT molecular complexity index is 454. The van der Waals surface area contributed by atoms with Gasteiger partial charge in [-0.2, -0.15) is 0 Å². The van der Waals surface area contributed by atoms with Gasteiger partial charge in [-0.1, -0.05) is 22.9 Å². The second-order valence-electron chi connectivity index (χ2n) is 2.99. The molecule has 0 saturated heterocycles. The number of sulfone groups is 1. The topological polar surface area (TPSA) is 34.1 Å². The van der Waals surface area contributed by atoms with Gasteiger partial charge in [-0.3, -0.25) is 0 Å². The fourth-order valence-electron chi connectivity index (χ4n) is 1.25. The Morgan fingerprint density at radius 2 is 2.00 bits per heavy atom. The number of benzene rings is 1. The molecule has 0 aromatic heterocycles. The first-order valence-corrected chi connectivity index (χ1v) is 6.72. The van der Waals surface area contributed by atoms with Crippen molar-refractivity contribution in [2.24, 2.45) is 0 Å². The van der Waals surface area contributed by atoms with Gasteiger partial charge >= 0.3 is 0 Å². The van der Waals surface area contributed by atoms with Crippen molar-refractivity contribution < 1.29 is 12.8 Å². The predicted molar refractivity (Wildman–Crippen MR) is 56.6 cm³/mol. The second kappa shape index (κ2) is 3.98. The molecule has 14 heavy (non-hydrogen) atoms. The van der Waals surface area contributed by atoms with E-state index in [1.807, 2.05) is 0 Å². The Morgan fingerprint density at radius 1 is 1.43 bits per heavy atom. The molecule has 2 nitrogen and oxygen atoms in total. The van der Waals surface area contributed by atoms with Crippen LogP contribution in [0.4, 0.5) is 4.39 Å². The van der Waals surface area contributed by atoms with Gasteiger partial charge in [0, 0.05) is 16.3 Å². The van der Waals surface area contributed by atoms with Gasteiger partial charge in [-0.05, 0) is 18.6 Å². The zero-order chi connectivity index (χ0) is 10.9. The molecule has 0 N–H and O–H groups in total. The van der Waals surface area contributed by atoms with Crippen LogP contribution in [0.1, 0.15) is 12.5 Å². The van der Waals surface area contributed by atoms with Gasteiger partial charge in [0.05, 0.1) is 4.90 Å². The maximum absolute atomic E-state index is 13.3. The molecular weight excluding hydrogens is 271 g/mol. The minimum atomic E-state index is -3.36. The van der Waals surface area contributed by atoms with E-state index in [-0.39, 0.29) is 10.5 Å². The smallest absolute Gasteiger partial charge is 0.175 e. The van der Waals surface area contributed by atoms with Crippen LogP contribution in [0.15, 0.2) is 21.5 Å². The van der Waals surface area contributed by atoms with Crippen molar-refractivity contribution in [1.82, 2.24) is 0 Å². The summed E-state index contributed by atoms with van der Waals surface area (Å²) in [6.45, 7) is 1.72. The van der Waals surface area contributed by atoms with E-state index in [2.05, 4.69) is 15.9 Å². The molecule has 1 aromatic rings. The van der Waals surface area contributed by atoms with Crippen molar-refractivity contribution in [3.05, 3.63) is 28.0 Å². The fourth-order valence-corrected chi connectivity index (χ4v) is 2.87. The van der Waals surface area contributed by atoms with E-state index >= 15 is 0 Å². The molecule has 5 heteroatoms. The summed E-state index contributed by atoms with van der Waals surface area (Å²) >= 11 is 3.06. The lowest BCUT2D eigenvalue weighted by atomic mass is 10.1. The van der Waals surface area contributed by atoms with Crippen molar-refractivity contribution in [2.45, 2.75) is 18.2 Å². The molecule has 0 spiro atoms. The highest BCUT2D eigenvalue weighted by Crippen LogP contribution is 2.24. The van der Waals surface area contributed by atoms with E-state index in [1.165, 1.54) is 12.1 Å². The molecule has 0 heterocycles. The van der Waals surface area contributed by atoms with Gasteiger partial charge in [0.2, 0.25) is 0 Å². The van der Waals surface area contributed by atoms with Gasteiger partial charge in [-0.25, -0.2) is 12.8 Å². The highest BCUT2D eigenvalue weighted by Gasteiger charge is 2.16. The van der Waals surface area contributed by atoms with Crippen molar-refractivity contribution in [3.63, 3.8) is 0 Å². The standard InChI is InChI=1S/C9H10BrFO2S/c1-3-7-8(11)4-6(10)5-9(7)14(2,12)13/h4-5H,3H2,1-2H3. The molecule has 0 saturated carbocycles. The first-order valence-electron chi connectivity index (χ1n) is 4.04. The molecule has 1 aromatic carbocycles. The highest BCUT2D eigenvalue weighted by molar-refractivity contribution is 9.10. The van der Waals surface area contributed by atoms with Gasteiger partial charge in [0.15, 0.2) is 9.84 Å². The van der Waals surface area contributed by atoms with Crippen LogP contribution < -0.4 is 0 Å². The molecule has 78 valence electrons. The molecule has 0 fully saturated rings. The lowest BCUT2D eigenvalue weighted by Gasteiger charge is -2.07. The third kappa shape index (κ3) is 2.33. The Labute approximate surface area is 91.2 Å². The Hall–Kier alpha value is -0.420. The third-order valence-corrected chi connectivity index (χ3v) is 3.49. The van der Waals surface area contributed by atoms with Crippen LogP contribution in [0.25, 0.3) is 0 Å². The summed E-state index contributed by atoms with van der Waals surface area (Å²) in [6.07, 6.45) is 1.44. The Kier molecular flexibility index (Phi) is 3.32. The Morgan fingerprint density at radius 3 is 2.43 bits per heavy atom. The van der Waals surface area contributed by atoms with E-state index < -0.39 is 15.7 Å². The molecule has 0 aliphatic rings. The molecule has 0 atom stereocenters. The zero-order valence-corrected chi connectivity index (χ0v) is 10.2. The summed E-state index contributed by atoms with van der Waals surface area (Å²) in [4.78, 5) is 0.0619. The van der Waals surface area contributed by atoms with Crippen molar-refractivity contribution in [3.8, 4) is 0 Å². The lowest BCUT2D eigenvalue weighted by Crippen LogP contribution is -2.04. The van der Waals surface area contributed by atoms with E-state index in [0.29, 0.717) is 10.9 Å². The number of rotatable bonds is 2. The van der Waals surface area contributed by atoms with Gasteiger partial charge < -0.3 is 0 Å². The first kappa shape index (κ1) is 11.7. The molecule has 0 bridgehead atoms. The summed E-state index contributed by atoms with van der Waals surface area (Å²) in [5.41, 5.74) is 0.246. The largest absolute Gasteiger partial charge is 0.224 e. The highest BCUT2D eigenvalue weighted by atomic mass is 79.9. The minimum Gasteiger partial charge on any atom is -0.224 e. The van der Waals surface area contributed by atoms with Crippen LogP contribution in [0.3, 0.4) is 0 Å². The fraction of sp³-hybridized carbons (Fsp3) is 0.333. The van der Waals surface area contributed by atoms with Crippen molar-refractivity contribution >= 4 is 25.8 Å². The average Bonchev–Trinajstić information content (AvgIpc) is 2.01. The minimum absolute atomic E-state index is 0.0619. The zero-order valence-electron chi connectivity index (χ0n) is 7.84. The number of hydrogen-bond donors (Lipinski definition) is 0. The number of halogens is 2. The maximum atomic E-state index is 13.3. The average molecular weight is 281 g/mol. The Balaban J connectivity index is 3.56. The van der Waals surface area contributed by atoms with Gasteiger partial charge in [0.1, 0.15) is 5.82 Å². The van der Waals surface area contributed by atoms with Crippen molar-refractivity contribution in [1.29, 1.82) is 0 Å². The monoisotopic (exact) mass is 280 g/mol. The maximum Gasteiger partial charge on any atom is 0.175 e. The molecule has 0 aliphatic carbocycles. The first-order chi connectivity index (χ1) is 6.36. The normalized spacial score (nSPS) is 11.7. The number of hydrogen-bond acceptors (Lipinski definition) is 2. The SMILES string of the molecule is CCc1c(F)cc(Br)cc1S(C)(=O)=O. The summed E-state index contributed by atoms with van der Waals surface area (Å²) in [5, 5.41) is 0. The van der Waals surface area contributed by atoms with Crippen LogP contribution in [0, 0.1) is 5.82 Å². The van der Waals surface area contributed by atoms with Crippen molar-refractivity contribution in [2.75, 3.05) is 6.26 Å². The lowest BCUT2D eigenvalue weighted by molar-refractivity contribution is 0.586. The van der Waals surface area contributed by atoms with Gasteiger partial charge in [0.25, 0.3) is 0 Å². The van der Waals surface area contributed by atoms with Gasteiger partial charge in [-0.15, -0.1) is 0 Å². The van der Waals surface area contributed by atoms with E-state index in [4.69, 9.17) is 0 Å². The molecule has 0 amide bonds. The third-order valence-electron chi connectivity index (χ3n) is 1.87. The van der Waals surface area contributed by atoms with E-state index in [9.17, 15) is 12.8 Å². The molecule has 1 rings (SSSR count).